The molecule has 1 aromatic heterocycles. The van der Waals surface area contributed by atoms with Crippen molar-refractivity contribution in [1.29, 1.82) is 0 Å². The third-order valence-corrected chi connectivity index (χ3v) is 4.78. The third kappa shape index (κ3) is 3.89. The van der Waals surface area contributed by atoms with Crippen LogP contribution < -0.4 is 0 Å². The van der Waals surface area contributed by atoms with Crippen LogP contribution in [0.5, 0.6) is 5.88 Å². The first-order chi connectivity index (χ1) is 11.0. The minimum atomic E-state index is -1.90. The summed E-state index contributed by atoms with van der Waals surface area (Å²) in [5.74, 6) is 1.23. The molecule has 2 unspecified atom stereocenters. The lowest BCUT2D eigenvalue weighted by Gasteiger charge is -2.20. The van der Waals surface area contributed by atoms with Gasteiger partial charge in [0.2, 0.25) is 5.88 Å². The van der Waals surface area contributed by atoms with Crippen LogP contribution >= 0.6 is 9.24 Å². The SMILES string of the molecule is COC1=Cc2nc(O)c(C(F)(P)/C=C/CCC3CC3)nc2CC1. The Balaban J connectivity index is 1.79. The van der Waals surface area contributed by atoms with Crippen molar-refractivity contribution in [3.8, 4) is 5.88 Å². The summed E-state index contributed by atoms with van der Waals surface area (Å²) in [6.07, 6.45) is 10.9. The predicted octanol–water partition coefficient (Wildman–Crippen LogP) is 3.86. The maximum atomic E-state index is 14.9. The average Bonchev–Trinajstić information content (AvgIpc) is 3.34. The van der Waals surface area contributed by atoms with Crippen molar-refractivity contribution in [2.75, 3.05) is 7.11 Å². The first-order valence-corrected chi connectivity index (χ1v) is 8.57. The minimum absolute atomic E-state index is 0.0433. The summed E-state index contributed by atoms with van der Waals surface area (Å²) in [6, 6.07) is 0. The standard InChI is InChI=1S/C17H22FN2O2P/c1-22-12-7-8-13-14(10-12)20-16(21)15(19-13)17(18,23)9-3-2-4-11-5-6-11/h3,9-11H,2,4-8,23H2,1H3,(H,20,21)/b9-3+. The number of nitrogens with zero attached hydrogens (tertiary/aromatic N) is 2. The summed E-state index contributed by atoms with van der Waals surface area (Å²) in [5.41, 5.74) is 1.19. The van der Waals surface area contributed by atoms with Gasteiger partial charge in [-0.3, -0.25) is 0 Å². The molecule has 0 amide bonds. The van der Waals surface area contributed by atoms with Crippen molar-refractivity contribution in [3.05, 3.63) is 35.0 Å². The zero-order valence-electron chi connectivity index (χ0n) is 13.3. The highest BCUT2D eigenvalue weighted by molar-refractivity contribution is 7.18. The second-order valence-corrected chi connectivity index (χ2v) is 7.07. The summed E-state index contributed by atoms with van der Waals surface area (Å²) < 4.78 is 20.1. The Labute approximate surface area is 138 Å². The molecule has 1 saturated carbocycles. The molecule has 6 heteroatoms. The van der Waals surface area contributed by atoms with Gasteiger partial charge in [-0.05, 0) is 31.3 Å². The number of rotatable bonds is 6. The number of alkyl halides is 1. The number of methoxy groups -OCH3 is 1. The van der Waals surface area contributed by atoms with E-state index >= 15 is 0 Å². The van der Waals surface area contributed by atoms with E-state index in [9.17, 15) is 9.50 Å². The van der Waals surface area contributed by atoms with Gasteiger partial charge in [-0.1, -0.05) is 28.2 Å². The summed E-state index contributed by atoms with van der Waals surface area (Å²) in [5, 5.41) is 8.18. The Bertz CT molecular complexity index is 654. The Morgan fingerprint density at radius 1 is 1.43 bits per heavy atom. The second kappa shape index (κ2) is 6.56. The third-order valence-electron chi connectivity index (χ3n) is 4.31. The Hall–Kier alpha value is -1.48. The summed E-state index contributed by atoms with van der Waals surface area (Å²) >= 11 is 0. The number of aryl methyl sites for hydroxylation is 1. The molecular weight excluding hydrogens is 314 g/mol. The maximum absolute atomic E-state index is 14.9. The van der Waals surface area contributed by atoms with E-state index < -0.39 is 5.41 Å². The van der Waals surface area contributed by atoms with Crippen molar-refractivity contribution in [2.45, 2.75) is 43.9 Å². The lowest BCUT2D eigenvalue weighted by atomic mass is 10.0. The van der Waals surface area contributed by atoms with Gasteiger partial charge in [-0.25, -0.2) is 14.4 Å². The maximum Gasteiger partial charge on any atom is 0.237 e. The van der Waals surface area contributed by atoms with Gasteiger partial charge in [0.05, 0.1) is 24.3 Å². The molecule has 0 saturated heterocycles. The monoisotopic (exact) mass is 336 g/mol. The van der Waals surface area contributed by atoms with E-state index in [2.05, 4.69) is 19.2 Å². The molecule has 2 atom stereocenters. The van der Waals surface area contributed by atoms with E-state index in [0.29, 0.717) is 24.2 Å². The van der Waals surface area contributed by atoms with Crippen LogP contribution in [0.15, 0.2) is 17.9 Å². The molecule has 1 fully saturated rings. The Morgan fingerprint density at radius 2 is 2.22 bits per heavy atom. The van der Waals surface area contributed by atoms with Crippen LogP contribution in [0.1, 0.15) is 49.2 Å². The van der Waals surface area contributed by atoms with E-state index in [1.807, 2.05) is 6.08 Å². The highest BCUT2D eigenvalue weighted by Crippen LogP contribution is 2.40. The minimum Gasteiger partial charge on any atom is -0.501 e. The number of allylic oxidation sites excluding steroid dienone is 3. The first kappa shape index (κ1) is 16.4. The van der Waals surface area contributed by atoms with Gasteiger partial charge in [-0.15, -0.1) is 0 Å². The largest absolute Gasteiger partial charge is 0.501 e. The number of hydrogen-bond acceptors (Lipinski definition) is 4. The van der Waals surface area contributed by atoms with Crippen LogP contribution in [0.4, 0.5) is 4.39 Å². The summed E-state index contributed by atoms with van der Waals surface area (Å²) in [6.45, 7) is 0. The average molecular weight is 336 g/mol. The molecule has 0 aliphatic heterocycles. The number of aromatic nitrogens is 2. The van der Waals surface area contributed by atoms with Crippen molar-refractivity contribution in [2.24, 2.45) is 5.92 Å². The molecule has 1 aromatic rings. The molecule has 3 rings (SSSR count). The molecule has 2 aliphatic carbocycles. The quantitative estimate of drug-likeness (QED) is 0.633. The fraction of sp³-hybridized carbons (Fsp3) is 0.529. The van der Waals surface area contributed by atoms with Crippen LogP contribution in [0.3, 0.4) is 0 Å². The molecular formula is C17H22FN2O2P. The van der Waals surface area contributed by atoms with Crippen molar-refractivity contribution in [3.63, 3.8) is 0 Å². The molecule has 0 radical (unpaired) electrons. The number of ether oxygens (including phenoxy) is 1. The number of fused-ring (bicyclic) bond motifs is 1. The van der Waals surface area contributed by atoms with Crippen molar-refractivity contribution in [1.82, 2.24) is 9.97 Å². The van der Waals surface area contributed by atoms with E-state index in [1.54, 1.807) is 13.2 Å². The van der Waals surface area contributed by atoms with Crippen LogP contribution in [0, 0.1) is 5.92 Å². The highest BCUT2D eigenvalue weighted by Gasteiger charge is 2.31. The molecule has 4 nitrogen and oxygen atoms in total. The van der Waals surface area contributed by atoms with Crippen LogP contribution in [-0.2, 0) is 16.6 Å². The van der Waals surface area contributed by atoms with Crippen LogP contribution in [0.25, 0.3) is 6.08 Å². The lowest BCUT2D eigenvalue weighted by molar-refractivity contribution is 0.278. The molecule has 124 valence electrons. The summed E-state index contributed by atoms with van der Waals surface area (Å²) in [4.78, 5) is 8.41. The van der Waals surface area contributed by atoms with Gasteiger partial charge in [0.1, 0.15) is 5.69 Å². The molecule has 2 aliphatic rings. The van der Waals surface area contributed by atoms with E-state index in [-0.39, 0.29) is 11.6 Å². The van der Waals surface area contributed by atoms with Gasteiger partial charge >= 0.3 is 0 Å². The normalized spacial score (nSPS) is 20.0. The van der Waals surface area contributed by atoms with Crippen LogP contribution in [0.2, 0.25) is 0 Å². The lowest BCUT2D eigenvalue weighted by Crippen LogP contribution is -2.15. The van der Waals surface area contributed by atoms with E-state index in [4.69, 9.17) is 4.74 Å². The van der Waals surface area contributed by atoms with E-state index in [0.717, 1.165) is 24.5 Å². The zero-order valence-corrected chi connectivity index (χ0v) is 14.4. The molecule has 1 N–H and O–H groups in total. The molecule has 0 aromatic carbocycles. The van der Waals surface area contributed by atoms with E-state index in [1.165, 1.54) is 18.9 Å². The van der Waals surface area contributed by atoms with Gasteiger partial charge in [0.15, 0.2) is 5.41 Å². The fourth-order valence-corrected chi connectivity index (χ4v) is 3.06. The Morgan fingerprint density at radius 3 is 2.91 bits per heavy atom. The fourth-order valence-electron chi connectivity index (χ4n) is 2.73. The number of aromatic hydroxyl groups is 1. The molecule has 1 heterocycles. The number of halogens is 1. The van der Waals surface area contributed by atoms with Gasteiger partial charge in [0, 0.05) is 12.5 Å². The Kier molecular flexibility index (Phi) is 4.67. The summed E-state index contributed by atoms with van der Waals surface area (Å²) in [7, 11) is 3.72. The number of hydrogen-bond donors (Lipinski definition) is 1. The molecule has 0 spiro atoms. The highest BCUT2D eigenvalue weighted by atomic mass is 31.0. The van der Waals surface area contributed by atoms with Gasteiger partial charge < -0.3 is 9.84 Å². The first-order valence-electron chi connectivity index (χ1n) is 8.00. The van der Waals surface area contributed by atoms with Crippen LogP contribution in [-0.4, -0.2) is 22.2 Å². The topological polar surface area (TPSA) is 55.2 Å². The molecule has 23 heavy (non-hydrogen) atoms. The second-order valence-electron chi connectivity index (χ2n) is 6.23. The van der Waals surface area contributed by atoms with Crippen molar-refractivity contribution < 1.29 is 14.2 Å². The van der Waals surface area contributed by atoms with Crippen molar-refractivity contribution >= 4 is 15.3 Å². The van der Waals surface area contributed by atoms with Gasteiger partial charge in [0.25, 0.3) is 0 Å². The predicted molar refractivity (Wildman–Crippen MR) is 90.6 cm³/mol. The zero-order chi connectivity index (χ0) is 16.4. The van der Waals surface area contributed by atoms with Gasteiger partial charge in [-0.2, -0.15) is 0 Å². The molecule has 0 bridgehead atoms. The smallest absolute Gasteiger partial charge is 0.237 e.